The molecule has 2 aromatic heterocycles. The number of nitrogen functional groups attached to an aromatic ring is 1. The van der Waals surface area contributed by atoms with Gasteiger partial charge in [-0.15, -0.1) is 0 Å². The fraction of sp³-hybridized carbons (Fsp3) is 0.333. The highest BCUT2D eigenvalue weighted by Gasteiger charge is 2.39. The molecule has 0 saturated carbocycles. The van der Waals surface area contributed by atoms with Crippen LogP contribution in [0.4, 0.5) is 0 Å². The van der Waals surface area contributed by atoms with Crippen molar-refractivity contribution in [2.75, 3.05) is 19.7 Å². The minimum absolute atomic E-state index is 0.0424. The molecule has 0 bridgehead atoms. The quantitative estimate of drug-likeness (QED) is 0.333. The number of hydrogen-bond donors (Lipinski definition) is 3. The number of pyridine rings is 1. The van der Waals surface area contributed by atoms with E-state index in [1.807, 2.05) is 6.07 Å². The number of aliphatic hydroxyl groups is 1. The Morgan fingerprint density at radius 3 is 2.76 bits per heavy atom. The summed E-state index contributed by atoms with van der Waals surface area (Å²) in [5.41, 5.74) is 2.39. The zero-order valence-corrected chi connectivity index (χ0v) is 20.2. The first-order valence-electron chi connectivity index (χ1n) is 12.1. The second kappa shape index (κ2) is 7.58. The molecule has 3 aliphatic rings. The van der Waals surface area contributed by atoms with E-state index >= 15 is 0 Å². The largest absolute Gasteiger partial charge is 0.506 e. The van der Waals surface area contributed by atoms with Gasteiger partial charge >= 0.3 is 0 Å². The van der Waals surface area contributed by atoms with Crippen LogP contribution in [-0.2, 0) is 15.9 Å². The standard InChI is InChI=1S/C27H24N2O8/c1-10-5-11-6-12-7-17-20-13(18(12)23(32)19(11)27(33)29(10)28)8-14-22(31)21-15(30)3-4-16(34-2)25(21)37-24(14)26(20)36-9-35-17/h5-6,8,15-17,30,32H,3-4,7,9,28H2,1-2H3/t15-,16+,17-/m0/s1. The van der Waals surface area contributed by atoms with Crippen LogP contribution in [0.3, 0.4) is 0 Å². The van der Waals surface area contributed by atoms with E-state index in [1.54, 1.807) is 19.1 Å². The van der Waals surface area contributed by atoms with Gasteiger partial charge in [0.05, 0.1) is 28.5 Å². The molecule has 190 valence electrons. The summed E-state index contributed by atoms with van der Waals surface area (Å²) in [7, 11) is 1.54. The van der Waals surface area contributed by atoms with Crippen molar-refractivity contribution >= 4 is 21.7 Å². The van der Waals surface area contributed by atoms with E-state index in [0.717, 1.165) is 10.2 Å². The Hall–Kier alpha value is -3.86. The molecule has 0 spiro atoms. The molecule has 3 heterocycles. The number of phenols is 1. The molecule has 2 aliphatic carbocycles. The molecule has 1 aliphatic heterocycles. The lowest BCUT2D eigenvalue weighted by molar-refractivity contribution is -0.0591. The molecule has 7 rings (SSSR count). The molecule has 0 saturated heterocycles. The van der Waals surface area contributed by atoms with Crippen LogP contribution in [0.1, 0.15) is 59.3 Å². The molecule has 4 aromatic rings. The smallest absolute Gasteiger partial charge is 0.280 e. The van der Waals surface area contributed by atoms with Gasteiger partial charge < -0.3 is 34.7 Å². The van der Waals surface area contributed by atoms with Gasteiger partial charge in [-0.3, -0.25) is 9.59 Å². The SMILES string of the molecule is CO[C@@H]1CC[C@H](O)c2c1oc1c3c4c(cc1c2=O)-c1c(cc2cc(C)n(N)c(=O)c2c1O)C[C@@H]4OCO3. The Bertz CT molecular complexity index is 1790. The first-order chi connectivity index (χ1) is 17.8. The van der Waals surface area contributed by atoms with Gasteiger partial charge in [-0.1, -0.05) is 0 Å². The predicted octanol–water partition coefficient (Wildman–Crippen LogP) is 2.98. The zero-order chi connectivity index (χ0) is 25.7. The number of phenolic OH excluding ortho intramolecular Hbond substituents is 1. The van der Waals surface area contributed by atoms with Gasteiger partial charge in [0.1, 0.15) is 17.6 Å². The average molecular weight is 504 g/mol. The van der Waals surface area contributed by atoms with Gasteiger partial charge in [0.2, 0.25) is 0 Å². The first-order valence-corrected chi connectivity index (χ1v) is 12.1. The fourth-order valence-electron chi connectivity index (χ4n) is 6.12. The van der Waals surface area contributed by atoms with Crippen molar-refractivity contribution in [3.8, 4) is 22.6 Å². The van der Waals surface area contributed by atoms with Crippen molar-refractivity contribution in [2.45, 2.75) is 44.5 Å². The summed E-state index contributed by atoms with van der Waals surface area (Å²) in [5, 5.41) is 23.0. The van der Waals surface area contributed by atoms with Crippen LogP contribution in [0.25, 0.3) is 32.9 Å². The van der Waals surface area contributed by atoms with Crippen LogP contribution >= 0.6 is 0 Å². The van der Waals surface area contributed by atoms with Crippen LogP contribution in [0.15, 0.2) is 32.2 Å². The van der Waals surface area contributed by atoms with E-state index in [-0.39, 0.29) is 39.9 Å². The third-order valence-electron chi connectivity index (χ3n) is 7.91. The monoisotopic (exact) mass is 504 g/mol. The third kappa shape index (κ3) is 2.85. The number of methoxy groups -OCH3 is 1. The summed E-state index contributed by atoms with van der Waals surface area (Å²) in [6.07, 6.45) is -0.555. The van der Waals surface area contributed by atoms with Gasteiger partial charge in [0, 0.05) is 30.4 Å². The maximum Gasteiger partial charge on any atom is 0.280 e. The van der Waals surface area contributed by atoms with Crippen LogP contribution in [-0.4, -0.2) is 28.8 Å². The number of benzene rings is 2. The van der Waals surface area contributed by atoms with Crippen LogP contribution in [0.2, 0.25) is 0 Å². The van der Waals surface area contributed by atoms with Crippen molar-refractivity contribution in [3.05, 3.63) is 66.9 Å². The van der Waals surface area contributed by atoms with E-state index in [9.17, 15) is 19.8 Å². The lowest BCUT2D eigenvalue weighted by Crippen LogP contribution is -2.29. The number of hydrogen-bond acceptors (Lipinski definition) is 9. The number of ether oxygens (including phenoxy) is 3. The molecule has 3 atom stereocenters. The molecule has 0 fully saturated rings. The Labute approximate surface area is 209 Å². The van der Waals surface area contributed by atoms with Gasteiger partial charge in [0.25, 0.3) is 5.56 Å². The second-order valence-electron chi connectivity index (χ2n) is 9.88. The number of nitrogens with two attached hydrogens (primary N) is 1. The van der Waals surface area contributed by atoms with Gasteiger partial charge in [-0.05, 0) is 54.5 Å². The van der Waals surface area contributed by atoms with E-state index in [4.69, 9.17) is 24.5 Å². The molecule has 10 heteroatoms. The molecule has 0 unspecified atom stereocenters. The maximum absolute atomic E-state index is 13.7. The Morgan fingerprint density at radius 1 is 1.16 bits per heavy atom. The molecular formula is C27H24N2O8. The summed E-state index contributed by atoms with van der Waals surface area (Å²) < 4.78 is 24.6. The number of aromatic nitrogens is 1. The number of aromatic hydroxyl groups is 1. The summed E-state index contributed by atoms with van der Waals surface area (Å²) in [6, 6.07) is 5.23. The van der Waals surface area contributed by atoms with Crippen molar-refractivity contribution < 1.29 is 28.8 Å². The Balaban J connectivity index is 1.61. The topological polar surface area (TPSA) is 146 Å². The molecular weight excluding hydrogens is 480 g/mol. The number of fused-ring (bicyclic) bond motifs is 6. The van der Waals surface area contributed by atoms with Crippen LogP contribution in [0.5, 0.6) is 11.5 Å². The molecule has 4 N–H and O–H groups in total. The minimum atomic E-state index is -0.984. The van der Waals surface area contributed by atoms with Gasteiger partial charge in [-0.25, -0.2) is 4.68 Å². The van der Waals surface area contributed by atoms with Crippen molar-refractivity contribution in [1.82, 2.24) is 4.68 Å². The predicted molar refractivity (Wildman–Crippen MR) is 133 cm³/mol. The molecule has 10 nitrogen and oxygen atoms in total. The average Bonchev–Trinajstić information content (AvgIpc) is 2.88. The van der Waals surface area contributed by atoms with Gasteiger partial charge in [-0.2, -0.15) is 0 Å². The summed E-state index contributed by atoms with van der Waals surface area (Å²) in [6.45, 7) is 1.67. The normalized spacial score (nSPS) is 21.9. The highest BCUT2D eigenvalue weighted by Crippen LogP contribution is 2.53. The molecule has 0 amide bonds. The molecule has 0 radical (unpaired) electrons. The lowest BCUT2D eigenvalue weighted by atomic mass is 9.80. The Kier molecular flexibility index (Phi) is 4.58. The summed E-state index contributed by atoms with van der Waals surface area (Å²) in [5.74, 6) is 6.35. The summed E-state index contributed by atoms with van der Waals surface area (Å²) >= 11 is 0. The van der Waals surface area contributed by atoms with Crippen LogP contribution < -0.4 is 21.6 Å². The van der Waals surface area contributed by atoms with E-state index in [0.29, 0.717) is 58.5 Å². The summed E-state index contributed by atoms with van der Waals surface area (Å²) in [4.78, 5) is 26.8. The third-order valence-corrected chi connectivity index (χ3v) is 7.91. The minimum Gasteiger partial charge on any atom is -0.506 e. The van der Waals surface area contributed by atoms with E-state index in [2.05, 4.69) is 0 Å². The van der Waals surface area contributed by atoms with Crippen molar-refractivity contribution in [2.24, 2.45) is 0 Å². The maximum atomic E-state index is 13.7. The van der Waals surface area contributed by atoms with Crippen molar-refractivity contribution in [1.29, 1.82) is 0 Å². The number of rotatable bonds is 1. The number of aryl methyl sites for hydroxylation is 1. The highest BCUT2D eigenvalue weighted by molar-refractivity contribution is 6.01. The van der Waals surface area contributed by atoms with E-state index < -0.39 is 23.9 Å². The lowest BCUT2D eigenvalue weighted by Gasteiger charge is -2.34. The van der Waals surface area contributed by atoms with Crippen LogP contribution in [0, 0.1) is 6.92 Å². The fourth-order valence-corrected chi connectivity index (χ4v) is 6.12. The molecule has 2 aromatic carbocycles. The first kappa shape index (κ1) is 22.3. The van der Waals surface area contributed by atoms with E-state index in [1.165, 1.54) is 7.11 Å². The second-order valence-corrected chi connectivity index (χ2v) is 9.88. The number of aliphatic hydroxyl groups excluding tert-OH is 1. The van der Waals surface area contributed by atoms with Gasteiger partial charge in [0.15, 0.2) is 23.6 Å². The Morgan fingerprint density at radius 2 is 1.97 bits per heavy atom. The zero-order valence-electron chi connectivity index (χ0n) is 20.2. The number of nitrogens with zero attached hydrogens (tertiary/aromatic N) is 1. The highest BCUT2D eigenvalue weighted by atomic mass is 16.7. The van der Waals surface area contributed by atoms with Crippen molar-refractivity contribution in [3.63, 3.8) is 0 Å². The molecule has 37 heavy (non-hydrogen) atoms.